The van der Waals surface area contributed by atoms with Gasteiger partial charge in [-0.05, 0) is 38.2 Å². The highest BCUT2D eigenvalue weighted by Crippen LogP contribution is 2.42. The van der Waals surface area contributed by atoms with Crippen molar-refractivity contribution in [3.8, 4) is 0 Å². The fourth-order valence-electron chi connectivity index (χ4n) is 4.53. The van der Waals surface area contributed by atoms with Crippen LogP contribution in [0.15, 0.2) is 18.2 Å². The highest BCUT2D eigenvalue weighted by atomic mass is 19.2. The summed E-state index contributed by atoms with van der Waals surface area (Å²) in [6.45, 7) is 1.74. The molecule has 6 heteroatoms. The number of hydrogen-bond acceptors (Lipinski definition) is 2. The molecular formula is C20H24F2N2O2. The first-order valence-electron chi connectivity index (χ1n) is 9.51. The Labute approximate surface area is 152 Å². The number of carbonyl (C=O) groups excluding carboxylic acids is 2. The van der Waals surface area contributed by atoms with Crippen LogP contribution in [-0.2, 0) is 16.1 Å². The van der Waals surface area contributed by atoms with Gasteiger partial charge in [0.05, 0.1) is 5.41 Å². The second-order valence-electron chi connectivity index (χ2n) is 7.96. The molecule has 3 fully saturated rings. The van der Waals surface area contributed by atoms with E-state index in [1.54, 1.807) is 4.90 Å². The Hall–Kier alpha value is -1.98. The maximum absolute atomic E-state index is 14.0. The van der Waals surface area contributed by atoms with Crippen LogP contribution in [0.4, 0.5) is 8.78 Å². The van der Waals surface area contributed by atoms with E-state index in [1.165, 1.54) is 12.1 Å². The number of hydrogen-bond donors (Lipinski definition) is 0. The topological polar surface area (TPSA) is 40.6 Å². The molecule has 0 aromatic heterocycles. The summed E-state index contributed by atoms with van der Waals surface area (Å²) in [6.07, 6.45) is 5.30. The standard InChI is InChI=1S/C20H24F2N2O2/c21-16-7-2-6-15(17(16)22)12-23-10-3-8-20(19(23)26)9-11-24(13-20)18(25)14-4-1-5-14/h2,6-7,14H,1,3-5,8-13H2. The minimum Gasteiger partial charge on any atom is -0.341 e. The van der Waals surface area contributed by atoms with Gasteiger partial charge in [-0.2, -0.15) is 0 Å². The monoisotopic (exact) mass is 362 g/mol. The predicted molar refractivity (Wildman–Crippen MR) is 92.0 cm³/mol. The van der Waals surface area contributed by atoms with Crippen LogP contribution < -0.4 is 0 Å². The first-order chi connectivity index (χ1) is 12.5. The molecule has 0 radical (unpaired) electrons. The minimum absolute atomic E-state index is 0.0173. The van der Waals surface area contributed by atoms with Gasteiger partial charge in [0.2, 0.25) is 11.8 Å². The van der Waals surface area contributed by atoms with Crippen molar-refractivity contribution in [2.45, 2.75) is 45.1 Å². The highest BCUT2D eigenvalue weighted by Gasteiger charge is 2.50. The quantitative estimate of drug-likeness (QED) is 0.829. The number of nitrogens with zero attached hydrogens (tertiary/aromatic N) is 2. The van der Waals surface area contributed by atoms with Crippen LogP contribution in [0.3, 0.4) is 0 Å². The molecule has 1 unspecified atom stereocenters. The number of amides is 2. The van der Waals surface area contributed by atoms with Gasteiger partial charge in [0.25, 0.3) is 0 Å². The van der Waals surface area contributed by atoms with Gasteiger partial charge < -0.3 is 9.80 Å². The molecule has 2 amide bonds. The zero-order valence-corrected chi connectivity index (χ0v) is 14.8. The van der Waals surface area contributed by atoms with Gasteiger partial charge in [0, 0.05) is 37.7 Å². The molecule has 1 aliphatic carbocycles. The SMILES string of the molecule is O=C(C1CCC1)N1CCC2(CCCN(Cc3cccc(F)c3F)C2=O)C1. The Bertz CT molecular complexity index is 735. The summed E-state index contributed by atoms with van der Waals surface area (Å²) in [5.74, 6) is -1.46. The van der Waals surface area contributed by atoms with Gasteiger partial charge in [-0.25, -0.2) is 8.78 Å². The van der Waals surface area contributed by atoms with Gasteiger partial charge in [-0.3, -0.25) is 9.59 Å². The van der Waals surface area contributed by atoms with Gasteiger partial charge in [-0.1, -0.05) is 18.6 Å². The van der Waals surface area contributed by atoms with E-state index in [1.807, 2.05) is 4.90 Å². The predicted octanol–water partition coefficient (Wildman–Crippen LogP) is 3.11. The Morgan fingerprint density at radius 1 is 1.15 bits per heavy atom. The van der Waals surface area contributed by atoms with Gasteiger partial charge in [0.1, 0.15) is 0 Å². The molecule has 1 spiro atoms. The third-order valence-corrected chi connectivity index (χ3v) is 6.34. The molecule has 1 aromatic carbocycles. The van der Waals surface area contributed by atoms with Crippen molar-refractivity contribution < 1.29 is 18.4 Å². The first-order valence-corrected chi connectivity index (χ1v) is 9.51. The lowest BCUT2D eigenvalue weighted by Crippen LogP contribution is -2.50. The summed E-state index contributed by atoms with van der Waals surface area (Å²) in [5.41, 5.74) is -0.336. The van der Waals surface area contributed by atoms with Crippen LogP contribution in [0.2, 0.25) is 0 Å². The van der Waals surface area contributed by atoms with E-state index in [0.29, 0.717) is 26.1 Å². The minimum atomic E-state index is -0.889. The zero-order valence-electron chi connectivity index (χ0n) is 14.8. The molecule has 4 nitrogen and oxygen atoms in total. The van der Waals surface area contributed by atoms with Crippen molar-refractivity contribution in [1.82, 2.24) is 9.80 Å². The number of piperidine rings is 1. The second-order valence-corrected chi connectivity index (χ2v) is 7.96. The Morgan fingerprint density at radius 3 is 2.69 bits per heavy atom. The molecule has 1 saturated carbocycles. The first kappa shape index (κ1) is 17.4. The zero-order chi connectivity index (χ0) is 18.3. The number of halogens is 2. The van der Waals surface area contributed by atoms with Crippen LogP contribution in [-0.4, -0.2) is 41.2 Å². The van der Waals surface area contributed by atoms with Crippen LogP contribution in [0.5, 0.6) is 0 Å². The Balaban J connectivity index is 1.48. The lowest BCUT2D eigenvalue weighted by molar-refractivity contribution is -0.147. The van der Waals surface area contributed by atoms with E-state index < -0.39 is 17.0 Å². The summed E-state index contributed by atoms with van der Waals surface area (Å²) in [7, 11) is 0. The summed E-state index contributed by atoms with van der Waals surface area (Å²) < 4.78 is 27.4. The second kappa shape index (κ2) is 6.63. The van der Waals surface area contributed by atoms with E-state index in [2.05, 4.69) is 0 Å². The summed E-state index contributed by atoms with van der Waals surface area (Å²) in [5, 5.41) is 0. The number of rotatable bonds is 3. The Morgan fingerprint density at radius 2 is 1.96 bits per heavy atom. The molecule has 0 N–H and O–H groups in total. The molecule has 1 atom stereocenters. The Kier molecular flexibility index (Phi) is 4.45. The molecule has 4 rings (SSSR count). The number of likely N-dealkylation sites (tertiary alicyclic amines) is 2. The lowest BCUT2D eigenvalue weighted by atomic mass is 9.78. The van der Waals surface area contributed by atoms with Crippen molar-refractivity contribution >= 4 is 11.8 Å². The van der Waals surface area contributed by atoms with E-state index in [0.717, 1.165) is 38.2 Å². The van der Waals surface area contributed by atoms with Gasteiger partial charge in [-0.15, -0.1) is 0 Å². The molecule has 2 heterocycles. The third kappa shape index (κ3) is 2.89. The fourth-order valence-corrected chi connectivity index (χ4v) is 4.53. The largest absolute Gasteiger partial charge is 0.341 e. The number of benzene rings is 1. The van der Waals surface area contributed by atoms with Crippen molar-refractivity contribution in [3.05, 3.63) is 35.4 Å². The van der Waals surface area contributed by atoms with E-state index in [-0.39, 0.29) is 29.8 Å². The average molecular weight is 362 g/mol. The molecule has 140 valence electrons. The summed E-state index contributed by atoms with van der Waals surface area (Å²) >= 11 is 0. The average Bonchev–Trinajstić information content (AvgIpc) is 3.00. The molecule has 26 heavy (non-hydrogen) atoms. The van der Waals surface area contributed by atoms with E-state index in [9.17, 15) is 18.4 Å². The highest BCUT2D eigenvalue weighted by molar-refractivity contribution is 5.86. The molecule has 3 aliphatic rings. The normalized spacial score (nSPS) is 26.5. The maximum Gasteiger partial charge on any atom is 0.230 e. The molecule has 2 aliphatic heterocycles. The lowest BCUT2D eigenvalue weighted by Gasteiger charge is -2.39. The fraction of sp³-hybridized carbons (Fsp3) is 0.600. The van der Waals surface area contributed by atoms with Crippen molar-refractivity contribution in [1.29, 1.82) is 0 Å². The summed E-state index contributed by atoms with van der Waals surface area (Å²) in [6, 6.07) is 4.07. The third-order valence-electron chi connectivity index (χ3n) is 6.34. The molecule has 2 saturated heterocycles. The maximum atomic E-state index is 14.0. The van der Waals surface area contributed by atoms with Crippen molar-refractivity contribution in [2.24, 2.45) is 11.3 Å². The van der Waals surface area contributed by atoms with Crippen LogP contribution in [0.25, 0.3) is 0 Å². The summed E-state index contributed by atoms with van der Waals surface area (Å²) in [4.78, 5) is 29.2. The molecule has 0 bridgehead atoms. The van der Waals surface area contributed by atoms with Crippen LogP contribution in [0.1, 0.15) is 44.1 Å². The van der Waals surface area contributed by atoms with Gasteiger partial charge >= 0.3 is 0 Å². The van der Waals surface area contributed by atoms with Crippen LogP contribution in [0, 0.1) is 23.0 Å². The van der Waals surface area contributed by atoms with E-state index in [4.69, 9.17) is 0 Å². The molecular weight excluding hydrogens is 338 g/mol. The van der Waals surface area contributed by atoms with E-state index >= 15 is 0 Å². The number of carbonyl (C=O) groups is 2. The van der Waals surface area contributed by atoms with Crippen molar-refractivity contribution in [2.75, 3.05) is 19.6 Å². The smallest absolute Gasteiger partial charge is 0.230 e. The van der Waals surface area contributed by atoms with Crippen molar-refractivity contribution in [3.63, 3.8) is 0 Å². The molecule has 1 aromatic rings. The van der Waals surface area contributed by atoms with Gasteiger partial charge in [0.15, 0.2) is 11.6 Å². The van der Waals surface area contributed by atoms with Crippen LogP contribution >= 0.6 is 0 Å².